The van der Waals surface area contributed by atoms with Crippen LogP contribution in [-0.2, 0) is 0 Å². The average molecular weight is 238 g/mol. The summed E-state index contributed by atoms with van der Waals surface area (Å²) in [6, 6.07) is 11.5. The van der Waals surface area contributed by atoms with Crippen molar-refractivity contribution in [2.45, 2.75) is 0 Å². The molecular weight excluding hydrogens is 231 g/mol. The molecule has 0 aliphatic rings. The molecule has 86 valence electrons. The van der Waals surface area contributed by atoms with E-state index < -0.39 is 0 Å². The summed E-state index contributed by atoms with van der Waals surface area (Å²) in [6.07, 6.45) is 1.70. The van der Waals surface area contributed by atoms with Crippen LogP contribution in [-0.4, -0.2) is 14.6 Å². The van der Waals surface area contributed by atoms with Gasteiger partial charge in [0.25, 0.3) is 0 Å². The summed E-state index contributed by atoms with van der Waals surface area (Å²) in [4.78, 5) is 4.26. The van der Waals surface area contributed by atoms with Crippen LogP contribution in [0.4, 0.5) is 4.39 Å². The average Bonchev–Trinajstić information content (AvgIpc) is 2.82. The summed E-state index contributed by atoms with van der Waals surface area (Å²) < 4.78 is 14.7. The number of rotatable bonds is 1. The van der Waals surface area contributed by atoms with E-state index in [0.717, 1.165) is 0 Å². The van der Waals surface area contributed by atoms with Crippen LogP contribution in [0.5, 0.6) is 0 Å². The molecule has 0 atom stereocenters. The van der Waals surface area contributed by atoms with Gasteiger partial charge in [-0.3, -0.25) is 0 Å². The van der Waals surface area contributed by atoms with Crippen LogP contribution in [0.2, 0.25) is 0 Å². The Labute approximate surface area is 102 Å². The lowest BCUT2D eigenvalue weighted by molar-refractivity contribution is 0.628. The summed E-state index contributed by atoms with van der Waals surface area (Å²) in [7, 11) is 0. The maximum Gasteiger partial charge on any atom is 0.182 e. The van der Waals surface area contributed by atoms with E-state index in [-0.39, 0.29) is 5.82 Å². The van der Waals surface area contributed by atoms with Crippen LogP contribution in [0.1, 0.15) is 5.56 Å². The maximum absolute atomic E-state index is 13.1. The first kappa shape index (κ1) is 10.4. The predicted molar refractivity (Wildman–Crippen MR) is 63.1 cm³/mol. The van der Waals surface area contributed by atoms with Gasteiger partial charge in [0.2, 0.25) is 0 Å². The summed E-state index contributed by atoms with van der Waals surface area (Å²) in [5.74, 6) is 0.0593. The minimum atomic E-state index is -0.341. The van der Waals surface area contributed by atoms with Crippen LogP contribution in [0, 0.1) is 17.1 Å². The minimum absolute atomic E-state index is 0.341. The third-order valence-corrected chi connectivity index (χ3v) is 2.57. The zero-order valence-electron chi connectivity index (χ0n) is 9.21. The minimum Gasteiger partial charge on any atom is -0.219 e. The van der Waals surface area contributed by atoms with Gasteiger partial charge < -0.3 is 0 Å². The van der Waals surface area contributed by atoms with Crippen LogP contribution < -0.4 is 0 Å². The van der Waals surface area contributed by atoms with Crippen molar-refractivity contribution in [3.63, 3.8) is 0 Å². The van der Waals surface area contributed by atoms with Crippen molar-refractivity contribution in [2.24, 2.45) is 0 Å². The summed E-state index contributed by atoms with van der Waals surface area (Å²) in [5.41, 5.74) is 1.49. The second kappa shape index (κ2) is 3.93. The Kier molecular flexibility index (Phi) is 2.27. The number of hydrogen-bond donors (Lipinski definition) is 0. The van der Waals surface area contributed by atoms with Gasteiger partial charge in [0.05, 0.1) is 5.56 Å². The van der Waals surface area contributed by atoms with Crippen molar-refractivity contribution in [2.75, 3.05) is 0 Å². The SMILES string of the molecule is N#Cc1cccn2nc(-c3cccc(F)c3)nc12. The van der Waals surface area contributed by atoms with E-state index in [1.54, 1.807) is 30.5 Å². The Balaban J connectivity index is 2.23. The highest BCUT2D eigenvalue weighted by Crippen LogP contribution is 2.18. The molecule has 0 N–H and O–H groups in total. The van der Waals surface area contributed by atoms with Gasteiger partial charge >= 0.3 is 0 Å². The van der Waals surface area contributed by atoms with E-state index in [1.807, 2.05) is 6.07 Å². The Morgan fingerprint density at radius 3 is 2.89 bits per heavy atom. The Morgan fingerprint density at radius 2 is 2.11 bits per heavy atom. The fourth-order valence-corrected chi connectivity index (χ4v) is 1.74. The zero-order valence-corrected chi connectivity index (χ0v) is 9.21. The van der Waals surface area contributed by atoms with Crippen molar-refractivity contribution in [1.82, 2.24) is 14.6 Å². The molecule has 0 bridgehead atoms. The Hall–Kier alpha value is -2.74. The lowest BCUT2D eigenvalue weighted by atomic mass is 10.2. The topological polar surface area (TPSA) is 54.0 Å². The van der Waals surface area contributed by atoms with Crippen molar-refractivity contribution >= 4 is 5.65 Å². The normalized spacial score (nSPS) is 10.4. The number of hydrogen-bond acceptors (Lipinski definition) is 3. The first-order chi connectivity index (χ1) is 8.78. The molecule has 3 rings (SSSR count). The van der Waals surface area contributed by atoms with E-state index in [2.05, 4.69) is 10.1 Å². The van der Waals surface area contributed by atoms with E-state index in [0.29, 0.717) is 22.6 Å². The molecule has 4 nitrogen and oxygen atoms in total. The number of pyridine rings is 1. The fourth-order valence-electron chi connectivity index (χ4n) is 1.74. The predicted octanol–water partition coefficient (Wildman–Crippen LogP) is 2.41. The number of aromatic nitrogens is 3. The zero-order chi connectivity index (χ0) is 12.5. The van der Waals surface area contributed by atoms with Crippen molar-refractivity contribution in [1.29, 1.82) is 5.26 Å². The van der Waals surface area contributed by atoms with Gasteiger partial charge in [-0.2, -0.15) is 5.26 Å². The van der Waals surface area contributed by atoms with Gasteiger partial charge in [-0.1, -0.05) is 12.1 Å². The monoisotopic (exact) mass is 238 g/mol. The largest absolute Gasteiger partial charge is 0.219 e. The third-order valence-electron chi connectivity index (χ3n) is 2.57. The highest BCUT2D eigenvalue weighted by Gasteiger charge is 2.09. The standard InChI is InChI=1S/C13H7FN4/c14-11-5-1-3-9(7-11)12-16-13-10(8-15)4-2-6-18(13)17-12/h1-7H. The Morgan fingerprint density at radius 1 is 1.22 bits per heavy atom. The van der Waals surface area contributed by atoms with Gasteiger partial charge in [0, 0.05) is 11.8 Å². The fraction of sp³-hybridized carbons (Fsp3) is 0. The third kappa shape index (κ3) is 1.60. The van der Waals surface area contributed by atoms with E-state index in [1.165, 1.54) is 16.6 Å². The first-order valence-corrected chi connectivity index (χ1v) is 5.29. The second-order valence-electron chi connectivity index (χ2n) is 3.75. The van der Waals surface area contributed by atoms with Crippen LogP contribution in [0.15, 0.2) is 42.6 Å². The van der Waals surface area contributed by atoms with E-state index >= 15 is 0 Å². The van der Waals surface area contributed by atoms with Crippen molar-refractivity contribution in [3.05, 3.63) is 54.0 Å². The van der Waals surface area contributed by atoms with Gasteiger partial charge in [-0.05, 0) is 24.3 Å². The Bertz CT molecular complexity index is 770. The lowest BCUT2D eigenvalue weighted by Gasteiger charge is -1.93. The number of nitrogens with zero attached hydrogens (tertiary/aromatic N) is 4. The van der Waals surface area contributed by atoms with Crippen molar-refractivity contribution in [3.8, 4) is 17.5 Å². The molecule has 0 saturated heterocycles. The molecule has 0 amide bonds. The van der Waals surface area contributed by atoms with E-state index in [9.17, 15) is 4.39 Å². The van der Waals surface area contributed by atoms with E-state index in [4.69, 9.17) is 5.26 Å². The summed E-state index contributed by atoms with van der Waals surface area (Å²) >= 11 is 0. The second-order valence-corrected chi connectivity index (χ2v) is 3.75. The molecule has 5 heteroatoms. The molecule has 0 radical (unpaired) electrons. The van der Waals surface area contributed by atoms with Crippen LogP contribution in [0.25, 0.3) is 17.0 Å². The number of benzene rings is 1. The van der Waals surface area contributed by atoms with Crippen molar-refractivity contribution < 1.29 is 4.39 Å². The molecule has 0 aliphatic heterocycles. The van der Waals surface area contributed by atoms with Gasteiger partial charge in [0.1, 0.15) is 11.9 Å². The molecule has 3 aromatic rings. The van der Waals surface area contributed by atoms with Crippen LogP contribution in [0.3, 0.4) is 0 Å². The molecule has 18 heavy (non-hydrogen) atoms. The summed E-state index contributed by atoms with van der Waals surface area (Å²) in [6.45, 7) is 0. The first-order valence-electron chi connectivity index (χ1n) is 5.29. The van der Waals surface area contributed by atoms with Gasteiger partial charge in [-0.15, -0.1) is 5.10 Å². The molecule has 0 spiro atoms. The molecule has 2 aromatic heterocycles. The highest BCUT2D eigenvalue weighted by molar-refractivity contribution is 5.62. The summed E-state index contributed by atoms with van der Waals surface area (Å²) in [5, 5.41) is 13.2. The highest BCUT2D eigenvalue weighted by atomic mass is 19.1. The molecule has 0 aliphatic carbocycles. The molecule has 2 heterocycles. The molecule has 0 unspecified atom stereocenters. The van der Waals surface area contributed by atoms with Crippen LogP contribution >= 0.6 is 0 Å². The molecule has 0 saturated carbocycles. The lowest BCUT2D eigenvalue weighted by Crippen LogP contribution is -1.88. The quantitative estimate of drug-likeness (QED) is 0.654. The molecule has 1 aromatic carbocycles. The number of nitriles is 1. The number of halogens is 1. The smallest absolute Gasteiger partial charge is 0.182 e. The van der Waals surface area contributed by atoms with Gasteiger partial charge in [0.15, 0.2) is 11.5 Å². The molecule has 0 fully saturated rings. The molecular formula is C13H7FN4. The number of fused-ring (bicyclic) bond motifs is 1. The van der Waals surface area contributed by atoms with Gasteiger partial charge in [-0.25, -0.2) is 13.9 Å². The maximum atomic E-state index is 13.1.